The number of hydrogen-bond acceptors (Lipinski definition) is 5. The molecule has 0 unspecified atom stereocenters. The summed E-state index contributed by atoms with van der Waals surface area (Å²) < 4.78 is 0. The third-order valence-electron chi connectivity index (χ3n) is 4.15. The van der Waals surface area contributed by atoms with Crippen molar-refractivity contribution in [2.45, 2.75) is 25.4 Å². The fourth-order valence-electron chi connectivity index (χ4n) is 3.01. The predicted molar refractivity (Wildman–Crippen MR) is 89.1 cm³/mol. The topological polar surface area (TPSA) is 84.1 Å². The van der Waals surface area contributed by atoms with E-state index in [-0.39, 0.29) is 0 Å². The van der Waals surface area contributed by atoms with Crippen LogP contribution in [0.5, 0.6) is 0 Å². The minimum absolute atomic E-state index is 0.392. The van der Waals surface area contributed by atoms with Crippen molar-refractivity contribution in [3.63, 3.8) is 0 Å². The highest BCUT2D eigenvalue weighted by Crippen LogP contribution is 2.22. The second kappa shape index (κ2) is 7.19. The number of benzene rings is 1. The van der Waals surface area contributed by atoms with Gasteiger partial charge in [0.05, 0.1) is 0 Å². The summed E-state index contributed by atoms with van der Waals surface area (Å²) in [6.07, 6.45) is 4.00. The Hall–Kier alpha value is -2.47. The fraction of sp³-hybridized carbons (Fsp3) is 0.353. The quantitative estimate of drug-likeness (QED) is 0.841. The Kier molecular flexibility index (Phi) is 4.83. The summed E-state index contributed by atoms with van der Waals surface area (Å²) in [5.74, 6) is 0.545. The molecule has 23 heavy (non-hydrogen) atoms. The summed E-state index contributed by atoms with van der Waals surface area (Å²) in [7, 11) is 0. The van der Waals surface area contributed by atoms with Crippen molar-refractivity contribution in [2.75, 3.05) is 18.0 Å². The van der Waals surface area contributed by atoms with Crippen molar-refractivity contribution < 1.29 is 4.79 Å². The first kappa shape index (κ1) is 15.4. The highest BCUT2D eigenvalue weighted by atomic mass is 16.1. The van der Waals surface area contributed by atoms with Crippen LogP contribution in [0.2, 0.25) is 0 Å². The summed E-state index contributed by atoms with van der Waals surface area (Å²) in [4.78, 5) is 13.5. The molecule has 120 valence electrons. The number of nitrogens with zero attached hydrogens (tertiary/aromatic N) is 3. The lowest BCUT2D eigenvalue weighted by Crippen LogP contribution is -2.38. The average molecular weight is 311 g/mol. The van der Waals surface area contributed by atoms with Gasteiger partial charge in [0.1, 0.15) is 0 Å². The van der Waals surface area contributed by atoms with Gasteiger partial charge in [-0.3, -0.25) is 4.79 Å². The molecule has 1 aliphatic rings. The van der Waals surface area contributed by atoms with Gasteiger partial charge in [0.15, 0.2) is 5.82 Å². The van der Waals surface area contributed by atoms with E-state index in [2.05, 4.69) is 20.4 Å². The van der Waals surface area contributed by atoms with Crippen LogP contribution in [0, 0.1) is 0 Å². The molecule has 0 bridgehead atoms. The summed E-state index contributed by atoms with van der Waals surface area (Å²) in [5, 5.41) is 11.6. The minimum Gasteiger partial charge on any atom is -0.366 e. The number of carbonyl (C=O) groups is 1. The first-order chi connectivity index (χ1) is 11.2. The average Bonchev–Trinajstić information content (AvgIpc) is 3.04. The molecule has 2 heterocycles. The lowest BCUT2D eigenvalue weighted by atomic mass is 10.1. The van der Waals surface area contributed by atoms with Crippen LogP contribution in [0.15, 0.2) is 42.6 Å². The summed E-state index contributed by atoms with van der Waals surface area (Å²) in [6, 6.07) is 11.8. The number of nitrogens with one attached hydrogen (secondary N) is 1. The van der Waals surface area contributed by atoms with Gasteiger partial charge in [0, 0.05) is 37.4 Å². The Morgan fingerprint density at radius 2 is 2.26 bits per heavy atom. The van der Waals surface area contributed by atoms with E-state index >= 15 is 0 Å². The number of carbonyl (C=O) groups excluding carboxylic acids is 1. The van der Waals surface area contributed by atoms with Crippen LogP contribution in [0.4, 0.5) is 5.82 Å². The normalized spacial score (nSPS) is 17.4. The highest BCUT2D eigenvalue weighted by Gasteiger charge is 2.25. The van der Waals surface area contributed by atoms with Crippen molar-refractivity contribution in [3.05, 3.63) is 53.7 Å². The zero-order valence-corrected chi connectivity index (χ0v) is 13.0. The van der Waals surface area contributed by atoms with E-state index in [1.165, 1.54) is 6.42 Å². The number of amides is 1. The van der Waals surface area contributed by atoms with Crippen molar-refractivity contribution in [3.8, 4) is 0 Å². The molecule has 3 N–H and O–H groups in total. The number of hydrogen-bond donors (Lipinski definition) is 2. The van der Waals surface area contributed by atoms with Crippen LogP contribution in [0.25, 0.3) is 0 Å². The zero-order chi connectivity index (χ0) is 16.1. The molecule has 1 aliphatic heterocycles. The Balaban J connectivity index is 1.56. The first-order valence-electron chi connectivity index (χ1n) is 7.88. The van der Waals surface area contributed by atoms with E-state index in [9.17, 15) is 4.79 Å². The monoisotopic (exact) mass is 311 g/mol. The Morgan fingerprint density at radius 1 is 1.35 bits per heavy atom. The van der Waals surface area contributed by atoms with Crippen molar-refractivity contribution in [2.24, 2.45) is 5.73 Å². The van der Waals surface area contributed by atoms with E-state index in [0.29, 0.717) is 18.2 Å². The fourth-order valence-corrected chi connectivity index (χ4v) is 3.01. The lowest BCUT2D eigenvalue weighted by molar-refractivity contribution is 0.1000. The summed E-state index contributed by atoms with van der Waals surface area (Å²) >= 11 is 0. The predicted octanol–water partition coefficient (Wildman–Crippen LogP) is 1.33. The maximum atomic E-state index is 11.2. The van der Waals surface area contributed by atoms with Gasteiger partial charge < -0.3 is 16.0 Å². The Bertz CT molecular complexity index is 661. The maximum Gasteiger partial charge on any atom is 0.248 e. The molecule has 6 nitrogen and oxygen atoms in total. The number of anilines is 1. The maximum absolute atomic E-state index is 11.2. The molecule has 1 saturated heterocycles. The van der Waals surface area contributed by atoms with Crippen LogP contribution in [0.3, 0.4) is 0 Å². The van der Waals surface area contributed by atoms with Gasteiger partial charge in [-0.2, -0.15) is 5.10 Å². The molecule has 0 saturated carbocycles. The molecule has 6 heteroatoms. The third-order valence-corrected chi connectivity index (χ3v) is 4.15. The first-order valence-corrected chi connectivity index (χ1v) is 7.88. The molecule has 2 aromatic rings. The van der Waals surface area contributed by atoms with E-state index < -0.39 is 5.91 Å². The van der Waals surface area contributed by atoms with Crippen LogP contribution in [0.1, 0.15) is 28.8 Å². The smallest absolute Gasteiger partial charge is 0.248 e. The van der Waals surface area contributed by atoms with Crippen LogP contribution in [-0.2, 0) is 6.54 Å². The molecule has 0 radical (unpaired) electrons. The Morgan fingerprint density at radius 3 is 3.04 bits per heavy atom. The minimum atomic E-state index is -0.392. The molecule has 3 rings (SSSR count). The molecule has 1 atom stereocenters. The van der Waals surface area contributed by atoms with E-state index in [1.54, 1.807) is 12.3 Å². The molecular formula is C17H21N5O. The molecule has 1 aromatic carbocycles. The highest BCUT2D eigenvalue weighted by molar-refractivity contribution is 5.92. The second-order valence-electron chi connectivity index (χ2n) is 5.77. The lowest BCUT2D eigenvalue weighted by Gasteiger charge is -2.25. The number of primary amides is 1. The van der Waals surface area contributed by atoms with Gasteiger partial charge in [-0.05, 0) is 42.7 Å². The second-order valence-corrected chi connectivity index (χ2v) is 5.77. The Labute approximate surface area is 135 Å². The van der Waals surface area contributed by atoms with E-state index in [4.69, 9.17) is 5.73 Å². The van der Waals surface area contributed by atoms with Crippen molar-refractivity contribution >= 4 is 11.7 Å². The summed E-state index contributed by atoms with van der Waals surface area (Å²) in [5.41, 5.74) is 6.92. The largest absolute Gasteiger partial charge is 0.366 e. The molecule has 1 amide bonds. The van der Waals surface area contributed by atoms with Crippen LogP contribution >= 0.6 is 0 Å². The van der Waals surface area contributed by atoms with Crippen LogP contribution in [-0.4, -0.2) is 35.2 Å². The van der Waals surface area contributed by atoms with Crippen molar-refractivity contribution in [1.82, 2.24) is 15.5 Å². The van der Waals surface area contributed by atoms with Gasteiger partial charge in [0.25, 0.3) is 0 Å². The van der Waals surface area contributed by atoms with Crippen molar-refractivity contribution in [1.29, 1.82) is 0 Å². The molecule has 1 fully saturated rings. The van der Waals surface area contributed by atoms with Gasteiger partial charge >= 0.3 is 0 Å². The van der Waals surface area contributed by atoms with Gasteiger partial charge in [0.2, 0.25) is 5.91 Å². The van der Waals surface area contributed by atoms with Crippen LogP contribution < -0.4 is 16.0 Å². The molecule has 0 aliphatic carbocycles. The van der Waals surface area contributed by atoms with E-state index in [0.717, 1.165) is 30.9 Å². The SMILES string of the molecule is NC(=O)c1cccc(CNC[C@H]2CCCN2c2cccnn2)c1. The molecule has 0 spiro atoms. The number of rotatable bonds is 6. The number of nitrogens with two attached hydrogens (primary N) is 1. The third kappa shape index (κ3) is 3.84. The standard InChI is InChI=1S/C17H21N5O/c18-17(23)14-5-1-4-13(10-14)11-19-12-15-6-3-9-22(15)16-7-2-8-20-21-16/h1-2,4-5,7-8,10,15,19H,3,6,9,11-12H2,(H2,18,23)/t15-/m1/s1. The van der Waals surface area contributed by atoms with Gasteiger partial charge in [-0.15, -0.1) is 5.10 Å². The van der Waals surface area contributed by atoms with Gasteiger partial charge in [-0.1, -0.05) is 12.1 Å². The summed E-state index contributed by atoms with van der Waals surface area (Å²) in [6.45, 7) is 2.60. The molecular weight excluding hydrogens is 290 g/mol. The molecule has 1 aromatic heterocycles. The zero-order valence-electron chi connectivity index (χ0n) is 13.0. The van der Waals surface area contributed by atoms with Gasteiger partial charge in [-0.25, -0.2) is 0 Å². The number of aromatic nitrogens is 2. The van der Waals surface area contributed by atoms with E-state index in [1.807, 2.05) is 30.3 Å².